The molecule has 1 aromatic heterocycles. The summed E-state index contributed by atoms with van der Waals surface area (Å²) in [6.07, 6.45) is 1.17. The van der Waals surface area contributed by atoms with Gasteiger partial charge in [-0.25, -0.2) is 9.67 Å². The summed E-state index contributed by atoms with van der Waals surface area (Å²) >= 11 is 6.25. The summed E-state index contributed by atoms with van der Waals surface area (Å²) in [6, 6.07) is 25.1. The van der Waals surface area contributed by atoms with Gasteiger partial charge in [-0.15, -0.1) is 0 Å². The van der Waals surface area contributed by atoms with E-state index in [1.165, 1.54) is 10.9 Å². The van der Waals surface area contributed by atoms with Gasteiger partial charge in [-0.05, 0) is 18.2 Å². The molecule has 0 radical (unpaired) electrons. The largest absolute Gasteiger partial charge is 0.253 e. The molecule has 0 amide bonds. The van der Waals surface area contributed by atoms with Crippen LogP contribution in [0, 0.1) is 5.95 Å². The van der Waals surface area contributed by atoms with Crippen molar-refractivity contribution in [2.24, 2.45) is 4.99 Å². The van der Waals surface area contributed by atoms with E-state index in [-0.39, 0.29) is 0 Å². The SMILES string of the molecule is Fc1cn(-c2cc(N=C(c3ccccc3)c3ccccc3)ccc2Cl)nn1. The average molecular weight is 377 g/mol. The standard InChI is InChI=1S/C21H14ClFN4/c22-18-12-11-17(13-19(18)27-14-20(23)25-26-27)24-21(15-7-3-1-4-8-15)16-9-5-2-6-10-16/h1-14H. The lowest BCUT2D eigenvalue weighted by atomic mass is 10.0. The number of rotatable bonds is 4. The molecule has 0 N–H and O–H groups in total. The van der Waals surface area contributed by atoms with E-state index in [1.54, 1.807) is 12.1 Å². The van der Waals surface area contributed by atoms with Crippen LogP contribution in [0.15, 0.2) is 90.1 Å². The van der Waals surface area contributed by atoms with Gasteiger partial charge in [0.05, 0.1) is 28.3 Å². The molecule has 1 heterocycles. The lowest BCUT2D eigenvalue weighted by Crippen LogP contribution is -2.03. The fourth-order valence-electron chi connectivity index (χ4n) is 2.72. The van der Waals surface area contributed by atoms with Gasteiger partial charge in [0, 0.05) is 11.1 Å². The van der Waals surface area contributed by atoms with Crippen LogP contribution in [0.4, 0.5) is 10.1 Å². The first kappa shape index (κ1) is 17.1. The minimum atomic E-state index is -0.672. The highest BCUT2D eigenvalue weighted by atomic mass is 35.5. The van der Waals surface area contributed by atoms with E-state index in [2.05, 4.69) is 10.3 Å². The van der Waals surface area contributed by atoms with Gasteiger partial charge in [-0.1, -0.05) is 82.6 Å². The number of hydrogen-bond donors (Lipinski definition) is 0. The molecule has 132 valence electrons. The molecule has 0 aliphatic carbocycles. The fraction of sp³-hybridized carbons (Fsp3) is 0. The van der Waals surface area contributed by atoms with Crippen molar-refractivity contribution < 1.29 is 4.39 Å². The summed E-state index contributed by atoms with van der Waals surface area (Å²) in [6.45, 7) is 0. The summed E-state index contributed by atoms with van der Waals surface area (Å²) in [7, 11) is 0. The minimum Gasteiger partial charge on any atom is -0.248 e. The number of aromatic nitrogens is 3. The van der Waals surface area contributed by atoms with Crippen molar-refractivity contribution in [2.45, 2.75) is 0 Å². The van der Waals surface area contributed by atoms with Gasteiger partial charge < -0.3 is 0 Å². The first-order valence-corrected chi connectivity index (χ1v) is 8.66. The lowest BCUT2D eigenvalue weighted by molar-refractivity contribution is 0.579. The van der Waals surface area contributed by atoms with Gasteiger partial charge in [-0.2, -0.15) is 4.39 Å². The minimum absolute atomic E-state index is 0.430. The number of halogens is 2. The van der Waals surface area contributed by atoms with Crippen LogP contribution in [0.1, 0.15) is 11.1 Å². The van der Waals surface area contributed by atoms with Crippen molar-refractivity contribution in [1.82, 2.24) is 15.0 Å². The smallest absolute Gasteiger partial charge is 0.248 e. The van der Waals surface area contributed by atoms with Crippen molar-refractivity contribution in [3.63, 3.8) is 0 Å². The van der Waals surface area contributed by atoms with Crippen LogP contribution in [0.2, 0.25) is 5.02 Å². The normalized spacial score (nSPS) is 10.6. The van der Waals surface area contributed by atoms with E-state index in [4.69, 9.17) is 16.6 Å². The lowest BCUT2D eigenvalue weighted by Gasteiger charge is -2.09. The maximum atomic E-state index is 13.2. The molecule has 4 aromatic rings. The van der Waals surface area contributed by atoms with Crippen LogP contribution in [-0.4, -0.2) is 20.7 Å². The number of benzene rings is 3. The highest BCUT2D eigenvalue weighted by Crippen LogP contribution is 2.27. The van der Waals surface area contributed by atoms with E-state index < -0.39 is 5.95 Å². The second kappa shape index (κ2) is 7.51. The molecular weight excluding hydrogens is 363 g/mol. The van der Waals surface area contributed by atoms with Crippen LogP contribution in [0.5, 0.6) is 0 Å². The Morgan fingerprint density at radius 3 is 2.07 bits per heavy atom. The molecule has 0 bridgehead atoms. The van der Waals surface area contributed by atoms with Crippen molar-refractivity contribution >= 4 is 23.0 Å². The van der Waals surface area contributed by atoms with E-state index in [9.17, 15) is 4.39 Å². The monoisotopic (exact) mass is 376 g/mol. The highest BCUT2D eigenvalue weighted by molar-refractivity contribution is 6.32. The Balaban J connectivity index is 1.84. The third-order valence-electron chi connectivity index (χ3n) is 3.98. The molecule has 4 nitrogen and oxygen atoms in total. The van der Waals surface area contributed by atoms with Gasteiger partial charge in [0.25, 0.3) is 5.95 Å². The highest BCUT2D eigenvalue weighted by Gasteiger charge is 2.10. The predicted octanol–water partition coefficient (Wildman–Crippen LogP) is 5.23. The maximum absolute atomic E-state index is 13.2. The van der Waals surface area contributed by atoms with Gasteiger partial charge in [-0.3, -0.25) is 0 Å². The van der Waals surface area contributed by atoms with E-state index >= 15 is 0 Å². The summed E-state index contributed by atoms with van der Waals surface area (Å²) in [5, 5.41) is 7.54. The predicted molar refractivity (Wildman–Crippen MR) is 105 cm³/mol. The van der Waals surface area contributed by atoms with E-state index in [1.807, 2.05) is 66.7 Å². The summed E-state index contributed by atoms with van der Waals surface area (Å²) < 4.78 is 14.5. The first-order chi connectivity index (χ1) is 13.2. The van der Waals surface area contributed by atoms with Crippen LogP contribution >= 0.6 is 11.6 Å². The molecule has 0 spiro atoms. The number of hydrogen-bond acceptors (Lipinski definition) is 3. The van der Waals surface area contributed by atoms with Crippen LogP contribution < -0.4 is 0 Å². The van der Waals surface area contributed by atoms with Crippen molar-refractivity contribution in [1.29, 1.82) is 0 Å². The zero-order valence-corrected chi connectivity index (χ0v) is 14.9. The van der Waals surface area contributed by atoms with E-state index in [0.29, 0.717) is 16.4 Å². The third kappa shape index (κ3) is 3.78. The van der Waals surface area contributed by atoms with Gasteiger partial charge in [0.2, 0.25) is 0 Å². The molecule has 0 aliphatic rings. The van der Waals surface area contributed by atoms with Crippen molar-refractivity contribution in [3.8, 4) is 5.69 Å². The Morgan fingerprint density at radius 1 is 0.889 bits per heavy atom. The summed E-state index contributed by atoms with van der Waals surface area (Å²) in [5.74, 6) is -0.672. The van der Waals surface area contributed by atoms with Crippen molar-refractivity contribution in [3.05, 3.63) is 107 Å². The molecule has 0 saturated carbocycles. The Bertz CT molecular complexity index is 1050. The van der Waals surface area contributed by atoms with Crippen molar-refractivity contribution in [2.75, 3.05) is 0 Å². The average Bonchev–Trinajstić information content (AvgIpc) is 3.15. The Kier molecular flexibility index (Phi) is 4.77. The summed E-state index contributed by atoms with van der Waals surface area (Å²) in [4.78, 5) is 4.84. The Morgan fingerprint density at radius 2 is 1.52 bits per heavy atom. The van der Waals surface area contributed by atoms with Gasteiger partial charge in [0.15, 0.2) is 0 Å². The van der Waals surface area contributed by atoms with E-state index in [0.717, 1.165) is 16.8 Å². The molecule has 0 saturated heterocycles. The molecule has 0 fully saturated rings. The molecule has 6 heteroatoms. The quantitative estimate of drug-likeness (QED) is 0.458. The third-order valence-corrected chi connectivity index (χ3v) is 4.30. The molecule has 0 unspecified atom stereocenters. The second-order valence-corrected chi connectivity index (χ2v) is 6.22. The zero-order chi connectivity index (χ0) is 18.6. The summed E-state index contributed by atoms with van der Waals surface area (Å²) in [5.41, 5.74) is 4.00. The molecule has 3 aromatic carbocycles. The Hall–Kier alpha value is -3.31. The number of nitrogens with zero attached hydrogens (tertiary/aromatic N) is 4. The maximum Gasteiger partial charge on any atom is 0.253 e. The first-order valence-electron chi connectivity index (χ1n) is 8.28. The molecule has 0 aliphatic heterocycles. The van der Waals surface area contributed by atoms with Gasteiger partial charge >= 0.3 is 0 Å². The van der Waals surface area contributed by atoms with Crippen LogP contribution in [0.3, 0.4) is 0 Å². The Labute approximate surface area is 160 Å². The zero-order valence-electron chi connectivity index (χ0n) is 14.1. The van der Waals surface area contributed by atoms with Gasteiger partial charge in [0.1, 0.15) is 0 Å². The molecule has 4 rings (SSSR count). The van der Waals surface area contributed by atoms with Crippen LogP contribution in [0.25, 0.3) is 5.69 Å². The molecule has 27 heavy (non-hydrogen) atoms. The van der Waals surface area contributed by atoms with Crippen LogP contribution in [-0.2, 0) is 0 Å². The molecular formula is C21H14ClFN4. The molecule has 0 atom stereocenters. The fourth-order valence-corrected chi connectivity index (χ4v) is 2.93. The number of aliphatic imine (C=N–C) groups is 1. The second-order valence-electron chi connectivity index (χ2n) is 5.81. The topological polar surface area (TPSA) is 43.1 Å².